The molecule has 3 heterocycles. The lowest BCUT2D eigenvalue weighted by Crippen LogP contribution is -2.38. The summed E-state index contributed by atoms with van der Waals surface area (Å²) in [4.78, 5) is 18.9. The van der Waals surface area contributed by atoms with Crippen molar-refractivity contribution in [2.24, 2.45) is 0 Å². The van der Waals surface area contributed by atoms with E-state index in [1.54, 1.807) is 13.1 Å². The van der Waals surface area contributed by atoms with Gasteiger partial charge >= 0.3 is 0 Å². The average molecular weight is 337 g/mol. The molecule has 8 heteroatoms. The monoisotopic (exact) mass is 337 g/mol. The zero-order valence-corrected chi connectivity index (χ0v) is 13.8. The summed E-state index contributed by atoms with van der Waals surface area (Å²) in [6.07, 6.45) is 4.46. The number of hydrogen-bond acceptors (Lipinski definition) is 3. The Kier molecular flexibility index (Phi) is 4.64. The summed E-state index contributed by atoms with van der Waals surface area (Å²) in [5.41, 5.74) is 0.898. The number of hydrogen-bond donors (Lipinski definition) is 0. The smallest absolute Gasteiger partial charge is 0.257 e. The van der Waals surface area contributed by atoms with Gasteiger partial charge in [-0.05, 0) is 26.7 Å². The maximum absolute atomic E-state index is 12.9. The summed E-state index contributed by atoms with van der Waals surface area (Å²) in [6.45, 7) is 4.49. The Hall–Kier alpha value is -2.25. The van der Waals surface area contributed by atoms with Crippen molar-refractivity contribution in [1.82, 2.24) is 24.2 Å². The van der Waals surface area contributed by atoms with Crippen LogP contribution >= 0.6 is 0 Å². The van der Waals surface area contributed by atoms with Gasteiger partial charge in [-0.1, -0.05) is 0 Å². The molecule has 0 aliphatic carbocycles. The molecule has 1 fully saturated rings. The van der Waals surface area contributed by atoms with Crippen LogP contribution in [0.2, 0.25) is 0 Å². The fourth-order valence-corrected chi connectivity index (χ4v) is 3.23. The zero-order chi connectivity index (χ0) is 17.3. The van der Waals surface area contributed by atoms with Crippen LogP contribution in [0.15, 0.2) is 18.6 Å². The van der Waals surface area contributed by atoms with Gasteiger partial charge in [0.25, 0.3) is 12.3 Å². The molecule has 1 unspecified atom stereocenters. The number of alkyl halides is 2. The number of likely N-dealkylation sites (tertiary alicyclic amines) is 1. The van der Waals surface area contributed by atoms with Gasteiger partial charge < -0.3 is 9.47 Å². The van der Waals surface area contributed by atoms with Crippen LogP contribution in [0, 0.1) is 13.8 Å². The highest BCUT2D eigenvalue weighted by atomic mass is 19.3. The minimum absolute atomic E-state index is 0.0863. The molecule has 24 heavy (non-hydrogen) atoms. The lowest BCUT2D eigenvalue weighted by Gasteiger charge is -2.25. The van der Waals surface area contributed by atoms with Crippen molar-refractivity contribution in [3.8, 4) is 0 Å². The van der Waals surface area contributed by atoms with E-state index in [-0.39, 0.29) is 11.9 Å². The van der Waals surface area contributed by atoms with E-state index in [9.17, 15) is 13.6 Å². The third-order valence-electron chi connectivity index (χ3n) is 4.47. The number of carbonyl (C=O) groups excluding carboxylic acids is 1. The Bertz CT molecular complexity index is 724. The van der Waals surface area contributed by atoms with Crippen LogP contribution in [0.25, 0.3) is 0 Å². The number of halogens is 2. The summed E-state index contributed by atoms with van der Waals surface area (Å²) in [6, 6.07) is 0.0863. The second kappa shape index (κ2) is 6.70. The highest BCUT2D eigenvalue weighted by Crippen LogP contribution is 2.23. The van der Waals surface area contributed by atoms with E-state index in [4.69, 9.17) is 0 Å². The summed E-state index contributed by atoms with van der Waals surface area (Å²) >= 11 is 0. The van der Waals surface area contributed by atoms with Crippen LogP contribution in [0.1, 0.15) is 34.7 Å². The first-order valence-electron chi connectivity index (χ1n) is 8.06. The molecule has 6 nitrogen and oxygen atoms in total. The van der Waals surface area contributed by atoms with Crippen molar-refractivity contribution >= 4 is 5.91 Å². The van der Waals surface area contributed by atoms with Gasteiger partial charge in [0, 0.05) is 31.7 Å². The molecule has 3 rings (SSSR count). The minimum Gasteiger partial charge on any atom is -0.334 e. The lowest BCUT2D eigenvalue weighted by atomic mass is 10.2. The summed E-state index contributed by atoms with van der Waals surface area (Å²) < 4.78 is 28.2. The summed E-state index contributed by atoms with van der Waals surface area (Å²) in [5.74, 6) is 0.781. The molecule has 0 radical (unpaired) electrons. The summed E-state index contributed by atoms with van der Waals surface area (Å²) in [5, 5.41) is 4.03. The van der Waals surface area contributed by atoms with Crippen molar-refractivity contribution in [2.75, 3.05) is 6.54 Å². The molecule has 130 valence electrons. The topological polar surface area (TPSA) is 56.0 Å². The van der Waals surface area contributed by atoms with E-state index < -0.39 is 13.0 Å². The summed E-state index contributed by atoms with van der Waals surface area (Å²) in [7, 11) is 0. The third kappa shape index (κ3) is 3.32. The van der Waals surface area contributed by atoms with E-state index in [2.05, 4.69) is 10.1 Å². The molecular formula is C16H21F2N5O. The Morgan fingerprint density at radius 2 is 2.21 bits per heavy atom. The first kappa shape index (κ1) is 16.6. The zero-order valence-electron chi connectivity index (χ0n) is 13.8. The van der Waals surface area contributed by atoms with Crippen LogP contribution in [0.3, 0.4) is 0 Å². The molecule has 0 N–H and O–H groups in total. The molecule has 0 bridgehead atoms. The van der Waals surface area contributed by atoms with Crippen molar-refractivity contribution in [1.29, 1.82) is 0 Å². The second-order valence-electron chi connectivity index (χ2n) is 6.16. The Balaban J connectivity index is 1.76. The van der Waals surface area contributed by atoms with E-state index in [1.165, 1.54) is 6.20 Å². The highest BCUT2D eigenvalue weighted by molar-refractivity contribution is 5.95. The van der Waals surface area contributed by atoms with E-state index in [1.807, 2.05) is 22.6 Å². The average Bonchev–Trinajstić information content (AvgIpc) is 3.21. The SMILES string of the molecule is Cc1nn(CC(F)F)cc1C(=O)N1CCCC1Cn1ccnc1C. The normalized spacial score (nSPS) is 17.9. The lowest BCUT2D eigenvalue weighted by molar-refractivity contribution is 0.0722. The van der Waals surface area contributed by atoms with Gasteiger partial charge in [0.15, 0.2) is 0 Å². The van der Waals surface area contributed by atoms with Gasteiger partial charge in [0.05, 0.1) is 17.3 Å². The standard InChI is InChI=1S/C16H21F2N5O/c1-11-14(9-22(20-11)10-15(17)18)16(24)23-6-3-4-13(23)8-21-7-5-19-12(21)2/h5,7,9,13,15H,3-4,6,8,10H2,1-2H3. The van der Waals surface area contributed by atoms with Crippen LogP contribution in [-0.4, -0.2) is 49.2 Å². The molecular weight excluding hydrogens is 316 g/mol. The fraction of sp³-hybridized carbons (Fsp3) is 0.562. The predicted octanol–water partition coefficient (Wildman–Crippen LogP) is 2.27. The molecule has 2 aromatic heterocycles. The van der Waals surface area contributed by atoms with Crippen molar-refractivity contribution in [2.45, 2.75) is 52.2 Å². The number of amides is 1. The number of imidazole rings is 1. The first-order valence-corrected chi connectivity index (χ1v) is 8.06. The van der Waals surface area contributed by atoms with Crippen LogP contribution in [0.4, 0.5) is 8.78 Å². The first-order chi connectivity index (χ1) is 11.5. The number of aromatic nitrogens is 4. The largest absolute Gasteiger partial charge is 0.334 e. The van der Waals surface area contributed by atoms with E-state index >= 15 is 0 Å². The van der Waals surface area contributed by atoms with Gasteiger partial charge in [0.1, 0.15) is 12.4 Å². The van der Waals surface area contributed by atoms with Gasteiger partial charge in [-0.2, -0.15) is 5.10 Å². The van der Waals surface area contributed by atoms with Gasteiger partial charge in [0.2, 0.25) is 0 Å². The van der Waals surface area contributed by atoms with Crippen LogP contribution in [-0.2, 0) is 13.1 Å². The number of nitrogens with zero attached hydrogens (tertiary/aromatic N) is 5. The third-order valence-corrected chi connectivity index (χ3v) is 4.47. The van der Waals surface area contributed by atoms with Crippen LogP contribution in [0.5, 0.6) is 0 Å². The fourth-order valence-electron chi connectivity index (χ4n) is 3.23. The predicted molar refractivity (Wildman–Crippen MR) is 84.0 cm³/mol. The molecule has 1 saturated heterocycles. The van der Waals surface area contributed by atoms with Crippen LogP contribution < -0.4 is 0 Å². The maximum Gasteiger partial charge on any atom is 0.257 e. The van der Waals surface area contributed by atoms with Gasteiger partial charge in [-0.25, -0.2) is 13.8 Å². The molecule has 0 saturated carbocycles. The molecule has 0 aromatic carbocycles. The number of carbonyl (C=O) groups is 1. The van der Waals surface area contributed by atoms with E-state index in [0.29, 0.717) is 24.3 Å². The molecule has 1 aliphatic heterocycles. The molecule has 0 spiro atoms. The maximum atomic E-state index is 12.9. The molecule has 2 aromatic rings. The number of rotatable bonds is 5. The van der Waals surface area contributed by atoms with E-state index in [0.717, 1.165) is 23.3 Å². The van der Waals surface area contributed by atoms with Crippen molar-refractivity contribution in [3.63, 3.8) is 0 Å². The number of aryl methyl sites for hydroxylation is 2. The van der Waals surface area contributed by atoms with Crippen molar-refractivity contribution < 1.29 is 13.6 Å². The molecule has 1 amide bonds. The van der Waals surface area contributed by atoms with Gasteiger partial charge in [-0.15, -0.1) is 0 Å². The van der Waals surface area contributed by atoms with Crippen molar-refractivity contribution in [3.05, 3.63) is 35.7 Å². The van der Waals surface area contributed by atoms with Gasteiger partial charge in [-0.3, -0.25) is 9.48 Å². The Morgan fingerprint density at radius 3 is 2.88 bits per heavy atom. The molecule has 1 aliphatic rings. The second-order valence-corrected chi connectivity index (χ2v) is 6.16. The Labute approximate surface area is 139 Å². The minimum atomic E-state index is -2.49. The molecule has 1 atom stereocenters. The highest BCUT2D eigenvalue weighted by Gasteiger charge is 2.31. The Morgan fingerprint density at radius 1 is 1.42 bits per heavy atom. The quantitative estimate of drug-likeness (QED) is 0.841.